The lowest BCUT2D eigenvalue weighted by atomic mass is 10.1. The lowest BCUT2D eigenvalue weighted by molar-refractivity contribution is -0.115. The van der Waals surface area contributed by atoms with E-state index in [0.29, 0.717) is 5.69 Å². The van der Waals surface area contributed by atoms with Gasteiger partial charge in [0.25, 0.3) is 0 Å². The van der Waals surface area contributed by atoms with Gasteiger partial charge in [0, 0.05) is 29.3 Å². The summed E-state index contributed by atoms with van der Waals surface area (Å²) in [4.78, 5) is 12.6. The Morgan fingerprint density at radius 1 is 1.03 bits per heavy atom. The zero-order valence-electron chi connectivity index (χ0n) is 16.1. The monoisotopic (exact) mass is 389 g/mol. The van der Waals surface area contributed by atoms with E-state index < -0.39 is 0 Å². The fraction of sp³-hybridized carbons (Fsp3) is 0.136. The van der Waals surface area contributed by atoms with Crippen molar-refractivity contribution in [2.75, 3.05) is 5.32 Å². The number of nitrogens with zero attached hydrogens (tertiary/aromatic N) is 4. The number of nitrogens with one attached hydrogen (secondary N) is 1. The van der Waals surface area contributed by atoms with Crippen molar-refractivity contribution < 1.29 is 9.18 Å². The Kier molecular flexibility index (Phi) is 4.95. The Morgan fingerprint density at radius 2 is 1.72 bits per heavy atom. The van der Waals surface area contributed by atoms with E-state index in [4.69, 9.17) is 0 Å². The van der Waals surface area contributed by atoms with Crippen molar-refractivity contribution in [1.82, 2.24) is 19.6 Å². The van der Waals surface area contributed by atoms with Crippen molar-refractivity contribution in [3.05, 3.63) is 89.8 Å². The topological polar surface area (TPSA) is 64.7 Å². The second kappa shape index (κ2) is 7.71. The van der Waals surface area contributed by atoms with E-state index in [2.05, 4.69) is 15.5 Å². The predicted octanol–water partition coefficient (Wildman–Crippen LogP) is 4.00. The first-order chi connectivity index (χ1) is 14.0. The molecule has 29 heavy (non-hydrogen) atoms. The van der Waals surface area contributed by atoms with Crippen molar-refractivity contribution in [2.45, 2.75) is 20.3 Å². The zero-order chi connectivity index (χ0) is 20.4. The molecule has 0 fully saturated rings. The van der Waals surface area contributed by atoms with Crippen LogP contribution in [0.15, 0.2) is 67.0 Å². The minimum Gasteiger partial charge on any atom is -0.326 e. The first-order valence-corrected chi connectivity index (χ1v) is 9.22. The van der Waals surface area contributed by atoms with Gasteiger partial charge in [0.15, 0.2) is 0 Å². The summed E-state index contributed by atoms with van der Waals surface area (Å²) in [7, 11) is 0. The molecular weight excluding hydrogens is 369 g/mol. The van der Waals surface area contributed by atoms with Gasteiger partial charge in [0.1, 0.15) is 5.82 Å². The number of aryl methyl sites for hydroxylation is 1. The molecule has 0 saturated carbocycles. The maximum absolute atomic E-state index is 13.2. The first-order valence-electron chi connectivity index (χ1n) is 9.22. The third-order valence-corrected chi connectivity index (χ3v) is 4.77. The first kappa shape index (κ1) is 18.6. The van der Waals surface area contributed by atoms with Crippen LogP contribution in [0.2, 0.25) is 0 Å². The fourth-order valence-electron chi connectivity index (χ4n) is 3.25. The number of rotatable bonds is 5. The SMILES string of the molecule is Cc1nn(-c2ccc(F)cc2)c(C)c1CC(=O)Nc1ccc(-n2cccn2)cc1. The largest absolute Gasteiger partial charge is 0.326 e. The predicted molar refractivity (Wildman–Crippen MR) is 109 cm³/mol. The molecule has 4 aromatic rings. The number of hydrogen-bond acceptors (Lipinski definition) is 3. The summed E-state index contributed by atoms with van der Waals surface area (Å²) >= 11 is 0. The molecule has 0 bridgehead atoms. The Hall–Kier alpha value is -3.74. The summed E-state index contributed by atoms with van der Waals surface area (Å²) in [6, 6.07) is 15.5. The highest BCUT2D eigenvalue weighted by Gasteiger charge is 2.16. The number of benzene rings is 2. The third-order valence-electron chi connectivity index (χ3n) is 4.77. The third kappa shape index (κ3) is 3.94. The number of carbonyl (C=O) groups is 1. The van der Waals surface area contributed by atoms with Crippen LogP contribution in [-0.2, 0) is 11.2 Å². The minimum atomic E-state index is -0.298. The normalized spacial score (nSPS) is 10.9. The number of aromatic nitrogens is 4. The van der Waals surface area contributed by atoms with Gasteiger partial charge in [-0.05, 0) is 68.4 Å². The molecule has 2 aromatic carbocycles. The van der Waals surface area contributed by atoms with E-state index in [1.807, 2.05) is 50.4 Å². The summed E-state index contributed by atoms with van der Waals surface area (Å²) in [5, 5.41) is 11.6. The van der Waals surface area contributed by atoms with Crippen LogP contribution in [0.3, 0.4) is 0 Å². The molecule has 0 aliphatic rings. The van der Waals surface area contributed by atoms with E-state index in [0.717, 1.165) is 28.3 Å². The van der Waals surface area contributed by atoms with Crippen molar-refractivity contribution in [3.8, 4) is 11.4 Å². The fourth-order valence-corrected chi connectivity index (χ4v) is 3.25. The molecule has 0 spiro atoms. The van der Waals surface area contributed by atoms with Gasteiger partial charge in [-0.15, -0.1) is 0 Å². The van der Waals surface area contributed by atoms with Gasteiger partial charge < -0.3 is 5.32 Å². The second-order valence-electron chi connectivity index (χ2n) is 6.76. The lowest BCUT2D eigenvalue weighted by Gasteiger charge is -2.08. The molecule has 1 N–H and O–H groups in total. The van der Waals surface area contributed by atoms with Crippen LogP contribution in [-0.4, -0.2) is 25.5 Å². The number of hydrogen-bond donors (Lipinski definition) is 1. The van der Waals surface area contributed by atoms with Crippen LogP contribution >= 0.6 is 0 Å². The number of halogens is 1. The molecule has 0 radical (unpaired) electrons. The quantitative estimate of drug-likeness (QED) is 0.561. The molecule has 7 heteroatoms. The van der Waals surface area contributed by atoms with Gasteiger partial charge in [-0.3, -0.25) is 4.79 Å². The highest BCUT2D eigenvalue weighted by Crippen LogP contribution is 2.20. The summed E-state index contributed by atoms with van der Waals surface area (Å²) < 4.78 is 16.7. The molecule has 146 valence electrons. The number of carbonyl (C=O) groups excluding carboxylic acids is 1. The van der Waals surface area contributed by atoms with E-state index in [9.17, 15) is 9.18 Å². The van der Waals surface area contributed by atoms with E-state index in [1.54, 1.807) is 27.7 Å². The van der Waals surface area contributed by atoms with Crippen molar-refractivity contribution in [3.63, 3.8) is 0 Å². The van der Waals surface area contributed by atoms with Crippen LogP contribution < -0.4 is 5.32 Å². The second-order valence-corrected chi connectivity index (χ2v) is 6.76. The molecular formula is C22H20FN5O. The molecule has 1 amide bonds. The summed E-state index contributed by atoms with van der Waals surface area (Å²) in [6.45, 7) is 3.78. The van der Waals surface area contributed by atoms with Gasteiger partial charge in [-0.2, -0.15) is 10.2 Å². The molecule has 2 heterocycles. The molecule has 0 aliphatic carbocycles. The van der Waals surface area contributed by atoms with Crippen LogP contribution in [0, 0.1) is 19.7 Å². The lowest BCUT2D eigenvalue weighted by Crippen LogP contribution is -2.15. The van der Waals surface area contributed by atoms with Crippen LogP contribution in [0.25, 0.3) is 11.4 Å². The number of amides is 1. The molecule has 0 aliphatic heterocycles. The van der Waals surface area contributed by atoms with E-state index in [1.165, 1.54) is 12.1 Å². The van der Waals surface area contributed by atoms with E-state index in [-0.39, 0.29) is 18.1 Å². The van der Waals surface area contributed by atoms with Gasteiger partial charge in [0.05, 0.1) is 23.5 Å². The van der Waals surface area contributed by atoms with Crippen LogP contribution in [0.4, 0.5) is 10.1 Å². The Labute approximate surface area is 167 Å². The standard InChI is InChI=1S/C22H20FN5O/c1-15-21(16(2)28(26-15)20-8-4-17(23)5-9-20)14-22(29)25-18-6-10-19(11-7-18)27-13-3-12-24-27/h3-13H,14H2,1-2H3,(H,25,29). The smallest absolute Gasteiger partial charge is 0.228 e. The minimum absolute atomic E-state index is 0.123. The molecule has 0 saturated heterocycles. The van der Waals surface area contributed by atoms with Gasteiger partial charge in [-0.1, -0.05) is 0 Å². The van der Waals surface area contributed by atoms with Gasteiger partial charge in [0.2, 0.25) is 5.91 Å². The average molecular weight is 389 g/mol. The van der Waals surface area contributed by atoms with Crippen molar-refractivity contribution in [2.24, 2.45) is 0 Å². The average Bonchev–Trinajstić information content (AvgIpc) is 3.34. The molecule has 6 nitrogen and oxygen atoms in total. The Morgan fingerprint density at radius 3 is 2.38 bits per heavy atom. The van der Waals surface area contributed by atoms with Gasteiger partial charge >= 0.3 is 0 Å². The highest BCUT2D eigenvalue weighted by atomic mass is 19.1. The summed E-state index contributed by atoms with van der Waals surface area (Å²) in [5.74, 6) is -0.421. The molecule has 0 atom stereocenters. The van der Waals surface area contributed by atoms with E-state index >= 15 is 0 Å². The van der Waals surface area contributed by atoms with Crippen molar-refractivity contribution in [1.29, 1.82) is 0 Å². The van der Waals surface area contributed by atoms with Crippen LogP contribution in [0.1, 0.15) is 17.0 Å². The van der Waals surface area contributed by atoms with Crippen LogP contribution in [0.5, 0.6) is 0 Å². The Balaban J connectivity index is 1.48. The molecule has 0 unspecified atom stereocenters. The molecule has 4 rings (SSSR count). The number of anilines is 1. The summed E-state index contributed by atoms with van der Waals surface area (Å²) in [5.41, 5.74) is 4.88. The highest BCUT2D eigenvalue weighted by molar-refractivity contribution is 5.92. The summed E-state index contributed by atoms with van der Waals surface area (Å²) in [6.07, 6.45) is 3.78. The van der Waals surface area contributed by atoms with Crippen molar-refractivity contribution >= 4 is 11.6 Å². The van der Waals surface area contributed by atoms with Gasteiger partial charge in [-0.25, -0.2) is 13.8 Å². The maximum atomic E-state index is 13.2. The Bertz CT molecular complexity index is 1130. The zero-order valence-corrected chi connectivity index (χ0v) is 16.1. The molecule has 2 aromatic heterocycles. The maximum Gasteiger partial charge on any atom is 0.228 e.